The average molecular weight is 315 g/mol. The van der Waals surface area contributed by atoms with Crippen molar-refractivity contribution in [2.24, 2.45) is 7.05 Å². The van der Waals surface area contributed by atoms with Gasteiger partial charge in [-0.1, -0.05) is 6.07 Å². The number of nitrogens with one attached hydrogen (secondary N) is 1. The van der Waals surface area contributed by atoms with Gasteiger partial charge in [-0.2, -0.15) is 5.10 Å². The van der Waals surface area contributed by atoms with Crippen LogP contribution in [0, 0.1) is 6.92 Å². The molecule has 0 aromatic carbocycles. The van der Waals surface area contributed by atoms with Crippen molar-refractivity contribution in [3.05, 3.63) is 35.7 Å². The summed E-state index contributed by atoms with van der Waals surface area (Å²) < 4.78 is 1.90. The minimum absolute atomic E-state index is 0.0601. The van der Waals surface area contributed by atoms with Gasteiger partial charge in [-0.25, -0.2) is 9.78 Å². The number of pyridine rings is 1. The van der Waals surface area contributed by atoms with Gasteiger partial charge in [-0.15, -0.1) is 0 Å². The Hall–Kier alpha value is -2.57. The number of hydrogen-bond acceptors (Lipinski definition) is 5. The van der Waals surface area contributed by atoms with E-state index in [1.807, 2.05) is 18.7 Å². The molecule has 0 amide bonds. The summed E-state index contributed by atoms with van der Waals surface area (Å²) in [6, 6.07) is 7.34. The zero-order valence-corrected chi connectivity index (χ0v) is 13.4. The van der Waals surface area contributed by atoms with Crippen molar-refractivity contribution in [2.75, 3.05) is 23.3 Å². The fraction of sp³-hybridized carbons (Fsp3) is 0.438. The summed E-state index contributed by atoms with van der Waals surface area (Å²) in [4.78, 5) is 17.5. The molecule has 122 valence electrons. The highest BCUT2D eigenvalue weighted by molar-refractivity contribution is 5.85. The van der Waals surface area contributed by atoms with E-state index in [-0.39, 0.29) is 11.7 Å². The molecule has 0 aliphatic carbocycles. The van der Waals surface area contributed by atoms with Gasteiger partial charge in [-0.3, -0.25) is 4.68 Å². The first-order valence-corrected chi connectivity index (χ1v) is 7.75. The molecule has 1 fully saturated rings. The lowest BCUT2D eigenvalue weighted by Crippen LogP contribution is -2.43. The summed E-state index contributed by atoms with van der Waals surface area (Å²) in [5.41, 5.74) is 1.07. The second-order valence-corrected chi connectivity index (χ2v) is 5.91. The van der Waals surface area contributed by atoms with Gasteiger partial charge >= 0.3 is 5.97 Å². The fourth-order valence-corrected chi connectivity index (χ4v) is 3.04. The molecular weight excluding hydrogens is 294 g/mol. The lowest BCUT2D eigenvalue weighted by atomic mass is 10.1. The van der Waals surface area contributed by atoms with E-state index in [1.54, 1.807) is 12.1 Å². The van der Waals surface area contributed by atoms with Gasteiger partial charge in [0.1, 0.15) is 11.6 Å². The van der Waals surface area contributed by atoms with E-state index < -0.39 is 5.97 Å². The highest BCUT2D eigenvalue weighted by atomic mass is 16.4. The van der Waals surface area contributed by atoms with Gasteiger partial charge < -0.3 is 15.3 Å². The highest BCUT2D eigenvalue weighted by Gasteiger charge is 2.22. The monoisotopic (exact) mass is 315 g/mol. The molecule has 1 aliphatic heterocycles. The standard InChI is InChI=1S/C16H21N5O2/c1-11-9-15(20(2)19-11)21-8-4-5-12(10-21)17-14-7-3-6-13(18-14)16(22)23/h3,6-7,9,12H,4-5,8,10H2,1-2H3,(H,17,18)(H,22,23). The number of carbonyl (C=O) groups is 1. The van der Waals surface area contributed by atoms with Crippen LogP contribution in [-0.2, 0) is 7.05 Å². The van der Waals surface area contributed by atoms with Crippen LogP contribution in [0.3, 0.4) is 0 Å². The number of aromatic carboxylic acids is 1. The number of aryl methyl sites for hydroxylation is 2. The molecule has 2 aromatic heterocycles. The Bertz CT molecular complexity index is 712. The topological polar surface area (TPSA) is 83.3 Å². The number of carboxylic acid groups (broad SMARTS) is 1. The van der Waals surface area contributed by atoms with Gasteiger partial charge in [0, 0.05) is 32.2 Å². The van der Waals surface area contributed by atoms with Crippen LogP contribution in [0.4, 0.5) is 11.6 Å². The van der Waals surface area contributed by atoms with Crippen LogP contribution in [0.25, 0.3) is 0 Å². The van der Waals surface area contributed by atoms with E-state index in [4.69, 9.17) is 5.11 Å². The van der Waals surface area contributed by atoms with Crippen molar-refractivity contribution in [3.8, 4) is 0 Å². The van der Waals surface area contributed by atoms with Crippen LogP contribution >= 0.6 is 0 Å². The molecule has 23 heavy (non-hydrogen) atoms. The summed E-state index contributed by atoms with van der Waals surface area (Å²) in [5.74, 6) is 0.712. The van der Waals surface area contributed by atoms with Crippen molar-refractivity contribution >= 4 is 17.6 Å². The van der Waals surface area contributed by atoms with Crippen LogP contribution < -0.4 is 10.2 Å². The van der Waals surface area contributed by atoms with Gasteiger partial charge in [0.15, 0.2) is 5.69 Å². The van der Waals surface area contributed by atoms with Crippen LogP contribution in [0.2, 0.25) is 0 Å². The number of nitrogens with zero attached hydrogens (tertiary/aromatic N) is 4. The largest absolute Gasteiger partial charge is 0.477 e. The van der Waals surface area contributed by atoms with E-state index in [0.29, 0.717) is 5.82 Å². The van der Waals surface area contributed by atoms with Crippen molar-refractivity contribution in [1.29, 1.82) is 0 Å². The minimum atomic E-state index is -1.01. The molecule has 0 saturated carbocycles. The average Bonchev–Trinajstić information content (AvgIpc) is 2.86. The van der Waals surface area contributed by atoms with Crippen LogP contribution in [0.15, 0.2) is 24.3 Å². The maximum atomic E-state index is 11.0. The number of rotatable bonds is 4. The van der Waals surface area contributed by atoms with E-state index in [9.17, 15) is 4.79 Å². The molecule has 0 bridgehead atoms. The van der Waals surface area contributed by atoms with Crippen molar-refractivity contribution in [1.82, 2.24) is 14.8 Å². The molecule has 0 spiro atoms. The van der Waals surface area contributed by atoms with Crippen LogP contribution in [0.1, 0.15) is 29.0 Å². The van der Waals surface area contributed by atoms with Crippen LogP contribution in [-0.4, -0.2) is 45.0 Å². The van der Waals surface area contributed by atoms with Crippen molar-refractivity contribution in [3.63, 3.8) is 0 Å². The Morgan fingerprint density at radius 2 is 2.26 bits per heavy atom. The SMILES string of the molecule is Cc1cc(N2CCCC(Nc3cccc(C(=O)O)n3)C2)n(C)n1. The maximum Gasteiger partial charge on any atom is 0.354 e. The lowest BCUT2D eigenvalue weighted by Gasteiger charge is -2.34. The predicted molar refractivity (Wildman–Crippen MR) is 88.0 cm³/mol. The normalized spacial score (nSPS) is 18.0. The quantitative estimate of drug-likeness (QED) is 0.896. The summed E-state index contributed by atoms with van der Waals surface area (Å²) in [5, 5.41) is 16.8. The van der Waals surface area contributed by atoms with Crippen molar-refractivity contribution in [2.45, 2.75) is 25.8 Å². The zero-order valence-electron chi connectivity index (χ0n) is 13.4. The number of piperidine rings is 1. The first-order chi connectivity index (χ1) is 11.0. The van der Waals surface area contributed by atoms with E-state index in [0.717, 1.165) is 37.4 Å². The fourth-order valence-electron chi connectivity index (χ4n) is 3.04. The summed E-state index contributed by atoms with van der Waals surface area (Å²) in [7, 11) is 1.96. The molecule has 3 rings (SSSR count). The van der Waals surface area contributed by atoms with Gasteiger partial charge in [0.2, 0.25) is 0 Å². The smallest absolute Gasteiger partial charge is 0.354 e. The number of carboxylic acids is 1. The Morgan fingerprint density at radius 1 is 1.43 bits per heavy atom. The molecule has 0 radical (unpaired) electrons. The highest BCUT2D eigenvalue weighted by Crippen LogP contribution is 2.22. The third-order valence-corrected chi connectivity index (χ3v) is 4.04. The molecule has 1 saturated heterocycles. The third kappa shape index (κ3) is 3.44. The Balaban J connectivity index is 1.70. The van der Waals surface area contributed by atoms with E-state index >= 15 is 0 Å². The molecular formula is C16H21N5O2. The minimum Gasteiger partial charge on any atom is -0.477 e. The number of anilines is 2. The summed E-state index contributed by atoms with van der Waals surface area (Å²) in [6.45, 7) is 3.84. The zero-order chi connectivity index (χ0) is 16.4. The Kier molecular flexibility index (Phi) is 4.18. The molecule has 1 atom stereocenters. The molecule has 7 nitrogen and oxygen atoms in total. The third-order valence-electron chi connectivity index (χ3n) is 4.04. The van der Waals surface area contributed by atoms with Gasteiger partial charge in [-0.05, 0) is 31.9 Å². The molecule has 1 aliphatic rings. The van der Waals surface area contributed by atoms with E-state index in [2.05, 4.69) is 26.4 Å². The summed E-state index contributed by atoms with van der Waals surface area (Å²) in [6.07, 6.45) is 2.10. The Labute approximate surface area is 134 Å². The van der Waals surface area contributed by atoms with Crippen molar-refractivity contribution < 1.29 is 9.90 Å². The second kappa shape index (κ2) is 6.28. The maximum absolute atomic E-state index is 11.0. The van der Waals surface area contributed by atoms with Gasteiger partial charge in [0.05, 0.1) is 5.69 Å². The first-order valence-electron chi connectivity index (χ1n) is 7.75. The van der Waals surface area contributed by atoms with Crippen LogP contribution in [0.5, 0.6) is 0 Å². The molecule has 7 heteroatoms. The second-order valence-electron chi connectivity index (χ2n) is 5.91. The number of aromatic nitrogens is 3. The molecule has 3 heterocycles. The van der Waals surface area contributed by atoms with E-state index in [1.165, 1.54) is 6.07 Å². The molecule has 2 N–H and O–H groups in total. The van der Waals surface area contributed by atoms with Gasteiger partial charge in [0.25, 0.3) is 0 Å². The molecule has 2 aromatic rings. The Morgan fingerprint density at radius 3 is 2.96 bits per heavy atom. The molecule has 1 unspecified atom stereocenters. The summed E-state index contributed by atoms with van der Waals surface area (Å²) >= 11 is 0. The first kappa shape index (κ1) is 15.3. The lowest BCUT2D eigenvalue weighted by molar-refractivity contribution is 0.0690. The predicted octanol–water partition coefficient (Wildman–Crippen LogP) is 1.90. The number of hydrogen-bond donors (Lipinski definition) is 2.